The van der Waals surface area contributed by atoms with E-state index in [4.69, 9.17) is 4.52 Å². The molecule has 2 rings (SSSR count). The van der Waals surface area contributed by atoms with E-state index >= 15 is 0 Å². The fourth-order valence-corrected chi connectivity index (χ4v) is 1.34. The van der Waals surface area contributed by atoms with E-state index in [1.165, 1.54) is 6.07 Å². The molecule has 66 valence electrons. The van der Waals surface area contributed by atoms with Gasteiger partial charge in [0.15, 0.2) is 0 Å². The van der Waals surface area contributed by atoms with E-state index in [0.717, 1.165) is 37.6 Å². The molecule has 4 heteroatoms. The van der Waals surface area contributed by atoms with Crippen molar-refractivity contribution in [3.05, 3.63) is 22.2 Å². The summed E-state index contributed by atoms with van der Waals surface area (Å²) in [5.74, 6) is 1.54. The normalized spacial score (nSPS) is 17.7. The first-order valence-electron chi connectivity index (χ1n) is 4.23. The molecule has 12 heavy (non-hydrogen) atoms. The summed E-state index contributed by atoms with van der Waals surface area (Å²) in [5.41, 5.74) is -0.142. The fraction of sp³-hybridized carbons (Fsp3) is 0.625. The van der Waals surface area contributed by atoms with Crippen molar-refractivity contribution in [3.63, 3.8) is 0 Å². The Morgan fingerprint density at radius 3 is 2.92 bits per heavy atom. The van der Waals surface area contributed by atoms with Gasteiger partial charge in [-0.2, -0.15) is 5.16 Å². The standard InChI is InChI=1S/C8H12N2O2/c11-8-3-7(12-10-8)2-1-6-4-9-5-6/h3,6,9H,1-2,4-5H2,(H,10,11). The van der Waals surface area contributed by atoms with Crippen LogP contribution in [0, 0.1) is 5.92 Å². The number of hydrogen-bond donors (Lipinski definition) is 2. The average Bonchev–Trinajstić information content (AvgIpc) is 2.32. The second-order valence-corrected chi connectivity index (χ2v) is 3.24. The third-order valence-electron chi connectivity index (χ3n) is 2.24. The van der Waals surface area contributed by atoms with Crippen molar-refractivity contribution in [2.24, 2.45) is 5.92 Å². The monoisotopic (exact) mass is 168 g/mol. The number of aryl methyl sites for hydroxylation is 1. The van der Waals surface area contributed by atoms with Crippen molar-refractivity contribution in [2.45, 2.75) is 12.8 Å². The Hall–Kier alpha value is -1.03. The van der Waals surface area contributed by atoms with Crippen LogP contribution in [0.5, 0.6) is 0 Å². The van der Waals surface area contributed by atoms with Crippen LogP contribution in [0.25, 0.3) is 0 Å². The lowest BCUT2D eigenvalue weighted by Crippen LogP contribution is -2.42. The van der Waals surface area contributed by atoms with E-state index < -0.39 is 0 Å². The molecular weight excluding hydrogens is 156 g/mol. The highest BCUT2D eigenvalue weighted by Gasteiger charge is 2.16. The summed E-state index contributed by atoms with van der Waals surface area (Å²) in [4.78, 5) is 10.7. The highest BCUT2D eigenvalue weighted by Crippen LogP contribution is 2.11. The third kappa shape index (κ3) is 1.58. The van der Waals surface area contributed by atoms with E-state index in [9.17, 15) is 4.79 Å². The molecule has 0 aliphatic carbocycles. The SMILES string of the molecule is O=c1cc(CCC2CNC2)o[nH]1. The van der Waals surface area contributed by atoms with Crippen LogP contribution >= 0.6 is 0 Å². The Kier molecular flexibility index (Phi) is 1.99. The molecule has 0 atom stereocenters. The number of aromatic amines is 1. The second-order valence-electron chi connectivity index (χ2n) is 3.24. The molecule has 0 spiro atoms. The Morgan fingerprint density at radius 1 is 1.58 bits per heavy atom. The molecule has 0 unspecified atom stereocenters. The van der Waals surface area contributed by atoms with Crippen LogP contribution < -0.4 is 10.9 Å². The topological polar surface area (TPSA) is 58.0 Å². The smallest absolute Gasteiger partial charge is 0.280 e. The molecule has 0 radical (unpaired) electrons. The molecule has 1 aliphatic rings. The minimum absolute atomic E-state index is 0.142. The van der Waals surface area contributed by atoms with Crippen molar-refractivity contribution in [3.8, 4) is 0 Å². The second kappa shape index (κ2) is 3.15. The predicted octanol–water partition coefficient (Wildman–Crippen LogP) is 0.120. The lowest BCUT2D eigenvalue weighted by atomic mass is 9.97. The van der Waals surface area contributed by atoms with Gasteiger partial charge in [0.2, 0.25) is 0 Å². The molecule has 0 saturated carbocycles. The Morgan fingerprint density at radius 2 is 2.42 bits per heavy atom. The average molecular weight is 168 g/mol. The van der Waals surface area contributed by atoms with E-state index in [0.29, 0.717) is 0 Å². The van der Waals surface area contributed by atoms with Gasteiger partial charge in [-0.05, 0) is 25.4 Å². The zero-order valence-electron chi connectivity index (χ0n) is 6.80. The molecule has 0 bridgehead atoms. The minimum atomic E-state index is -0.142. The van der Waals surface area contributed by atoms with Crippen molar-refractivity contribution in [2.75, 3.05) is 13.1 Å². The van der Waals surface area contributed by atoms with Crippen molar-refractivity contribution in [1.29, 1.82) is 0 Å². The summed E-state index contributed by atoms with van der Waals surface area (Å²) in [7, 11) is 0. The van der Waals surface area contributed by atoms with Crippen LogP contribution in [0.4, 0.5) is 0 Å². The summed E-state index contributed by atoms with van der Waals surface area (Å²) in [5, 5.41) is 5.48. The molecule has 1 aromatic rings. The van der Waals surface area contributed by atoms with Gasteiger partial charge >= 0.3 is 0 Å². The summed E-state index contributed by atoms with van der Waals surface area (Å²) in [6.07, 6.45) is 1.97. The predicted molar refractivity (Wildman–Crippen MR) is 44.0 cm³/mol. The van der Waals surface area contributed by atoms with Gasteiger partial charge in [-0.25, -0.2) is 0 Å². The molecule has 0 aromatic carbocycles. The van der Waals surface area contributed by atoms with Crippen LogP contribution in [0.1, 0.15) is 12.2 Å². The van der Waals surface area contributed by atoms with Gasteiger partial charge < -0.3 is 9.84 Å². The van der Waals surface area contributed by atoms with E-state index in [-0.39, 0.29) is 5.56 Å². The summed E-state index contributed by atoms with van der Waals surface area (Å²) >= 11 is 0. The van der Waals surface area contributed by atoms with Gasteiger partial charge in [0, 0.05) is 12.5 Å². The minimum Gasteiger partial charge on any atom is -0.384 e. The molecule has 1 aromatic heterocycles. The zero-order valence-corrected chi connectivity index (χ0v) is 6.80. The van der Waals surface area contributed by atoms with Crippen LogP contribution in [-0.2, 0) is 6.42 Å². The molecule has 4 nitrogen and oxygen atoms in total. The van der Waals surface area contributed by atoms with Crippen molar-refractivity contribution >= 4 is 0 Å². The maximum Gasteiger partial charge on any atom is 0.280 e. The first kappa shape index (κ1) is 7.61. The number of rotatable bonds is 3. The van der Waals surface area contributed by atoms with Crippen molar-refractivity contribution in [1.82, 2.24) is 10.5 Å². The highest BCUT2D eigenvalue weighted by atomic mass is 16.5. The van der Waals surface area contributed by atoms with E-state index in [2.05, 4.69) is 10.5 Å². The summed E-state index contributed by atoms with van der Waals surface area (Å²) in [6, 6.07) is 1.52. The summed E-state index contributed by atoms with van der Waals surface area (Å²) < 4.78 is 4.93. The molecule has 1 aliphatic heterocycles. The fourth-order valence-electron chi connectivity index (χ4n) is 1.34. The lowest BCUT2D eigenvalue weighted by Gasteiger charge is -2.26. The van der Waals surface area contributed by atoms with Gasteiger partial charge in [0.1, 0.15) is 5.76 Å². The number of H-pyrrole nitrogens is 1. The maximum atomic E-state index is 10.7. The largest absolute Gasteiger partial charge is 0.384 e. The van der Waals surface area contributed by atoms with Gasteiger partial charge in [0.05, 0.1) is 0 Å². The molecule has 1 fully saturated rings. The van der Waals surface area contributed by atoms with Gasteiger partial charge in [-0.15, -0.1) is 0 Å². The third-order valence-corrected chi connectivity index (χ3v) is 2.24. The first-order valence-corrected chi connectivity index (χ1v) is 4.23. The van der Waals surface area contributed by atoms with E-state index in [1.807, 2.05) is 0 Å². The number of hydrogen-bond acceptors (Lipinski definition) is 3. The maximum absolute atomic E-state index is 10.7. The number of nitrogens with one attached hydrogen (secondary N) is 2. The van der Waals surface area contributed by atoms with Crippen LogP contribution in [0.3, 0.4) is 0 Å². The van der Waals surface area contributed by atoms with Gasteiger partial charge in [-0.3, -0.25) is 4.79 Å². The molecule has 2 heterocycles. The van der Waals surface area contributed by atoms with Crippen LogP contribution in [0.15, 0.2) is 15.4 Å². The van der Waals surface area contributed by atoms with Gasteiger partial charge in [-0.1, -0.05) is 0 Å². The first-order chi connectivity index (χ1) is 5.84. The molecule has 0 amide bonds. The van der Waals surface area contributed by atoms with E-state index in [1.54, 1.807) is 0 Å². The Balaban J connectivity index is 1.82. The Bertz CT molecular complexity index is 298. The molecular formula is C8H12N2O2. The highest BCUT2D eigenvalue weighted by molar-refractivity contribution is 4.94. The van der Waals surface area contributed by atoms with Crippen LogP contribution in [-0.4, -0.2) is 18.2 Å². The summed E-state index contributed by atoms with van der Waals surface area (Å²) in [6.45, 7) is 2.21. The number of aromatic nitrogens is 1. The quantitative estimate of drug-likeness (QED) is 0.674. The Labute approximate surface area is 69.9 Å². The van der Waals surface area contributed by atoms with Crippen molar-refractivity contribution < 1.29 is 4.52 Å². The molecule has 1 saturated heterocycles. The molecule has 2 N–H and O–H groups in total. The van der Waals surface area contributed by atoms with Crippen LogP contribution in [0.2, 0.25) is 0 Å². The van der Waals surface area contributed by atoms with Gasteiger partial charge in [0.25, 0.3) is 5.56 Å². The zero-order chi connectivity index (χ0) is 8.39. The lowest BCUT2D eigenvalue weighted by molar-refractivity contribution is 0.307.